The molecule has 2 unspecified atom stereocenters. The van der Waals surface area contributed by atoms with Crippen molar-refractivity contribution in [3.63, 3.8) is 0 Å². The summed E-state index contributed by atoms with van der Waals surface area (Å²) in [6.45, 7) is 0. The summed E-state index contributed by atoms with van der Waals surface area (Å²) < 4.78 is 0. The zero-order valence-corrected chi connectivity index (χ0v) is 13.7. The van der Waals surface area contributed by atoms with E-state index in [4.69, 9.17) is 11.5 Å². The molecule has 1 aliphatic rings. The summed E-state index contributed by atoms with van der Waals surface area (Å²) in [5.74, 6) is -1.91. The van der Waals surface area contributed by atoms with Crippen LogP contribution in [0.2, 0.25) is 0 Å². The number of hydrogen-bond donors (Lipinski definition) is 3. The quantitative estimate of drug-likeness (QED) is 0.391. The lowest BCUT2D eigenvalue weighted by Gasteiger charge is -2.15. The number of amides is 2. The monoisotopic (exact) mass is 372 g/mol. The van der Waals surface area contributed by atoms with Gasteiger partial charge < -0.3 is 11.5 Å². The van der Waals surface area contributed by atoms with Crippen molar-refractivity contribution in [3.05, 3.63) is 43.0 Å². The Morgan fingerprint density at radius 2 is 1.83 bits per heavy atom. The number of carbonyl (C=O) groups excluding carboxylic acids is 2. The highest BCUT2D eigenvalue weighted by Gasteiger charge is 2.39. The minimum absolute atomic E-state index is 0.0327. The van der Waals surface area contributed by atoms with E-state index in [1.54, 1.807) is 0 Å². The number of thioether (sulfide) groups is 1. The third-order valence-corrected chi connectivity index (χ3v) is 5.50. The Morgan fingerprint density at radius 3 is 2.29 bits per heavy atom. The molecule has 10 nitrogen and oxygen atoms in total. The lowest BCUT2D eigenvalue weighted by Crippen LogP contribution is -2.28. The van der Waals surface area contributed by atoms with E-state index in [9.17, 15) is 29.8 Å². The second-order valence-electron chi connectivity index (χ2n) is 5.10. The number of carbonyl (C=O) groups is 2. The fraction of sp³-hybridized carbons (Fsp3) is 0.333. The molecule has 2 atom stereocenters. The Bertz CT molecular complexity index is 768. The van der Waals surface area contributed by atoms with Crippen LogP contribution in [0.1, 0.15) is 32.7 Å². The first-order chi connectivity index (χ1) is 11.1. The zero-order valence-electron chi connectivity index (χ0n) is 12.0. The van der Waals surface area contributed by atoms with Crippen LogP contribution in [0.4, 0.5) is 0 Å². The van der Waals surface area contributed by atoms with Crippen molar-refractivity contribution in [2.24, 2.45) is 11.5 Å². The van der Waals surface area contributed by atoms with Crippen LogP contribution in [0.15, 0.2) is 15.9 Å². The first-order valence-corrected chi connectivity index (χ1v) is 7.88. The van der Waals surface area contributed by atoms with Crippen molar-refractivity contribution in [2.45, 2.75) is 34.0 Å². The highest BCUT2D eigenvalue weighted by Crippen LogP contribution is 2.41. The average Bonchev–Trinajstić information content (AvgIpc) is 2.66. The van der Waals surface area contributed by atoms with E-state index in [1.807, 2.05) is 0 Å². The van der Waals surface area contributed by atoms with Gasteiger partial charge in [0.1, 0.15) is 0 Å². The minimum atomic E-state index is -1.28. The predicted molar refractivity (Wildman–Crippen MR) is 86.5 cm³/mol. The molecule has 1 heterocycles. The number of primary amides is 2. The molecule has 128 valence electrons. The molecule has 1 aromatic carbocycles. The van der Waals surface area contributed by atoms with Crippen LogP contribution in [0, 0.1) is 20.2 Å². The lowest BCUT2D eigenvalue weighted by molar-refractivity contribution is -0.546. The van der Waals surface area contributed by atoms with Gasteiger partial charge in [0.25, 0.3) is 11.3 Å². The van der Waals surface area contributed by atoms with Crippen LogP contribution in [0.25, 0.3) is 0 Å². The molecule has 12 heteroatoms. The molecule has 0 bridgehead atoms. The largest absolute Gasteiger partial charge is 0.366 e. The number of nitrogens with zero attached hydrogens (tertiary/aromatic N) is 2. The molecule has 0 saturated carbocycles. The van der Waals surface area contributed by atoms with Crippen molar-refractivity contribution >= 4 is 36.2 Å². The smallest absolute Gasteiger partial charge is 0.269 e. The number of rotatable bonds is 4. The molecule has 2 rings (SSSR count). The molecule has 1 aromatic rings. The van der Waals surface area contributed by atoms with E-state index in [-0.39, 0.29) is 33.8 Å². The second-order valence-corrected chi connectivity index (χ2v) is 6.74. The highest BCUT2D eigenvalue weighted by molar-refractivity contribution is 8.00. The second kappa shape index (κ2) is 6.65. The summed E-state index contributed by atoms with van der Waals surface area (Å²) in [6, 6.07) is 0.0191. The van der Waals surface area contributed by atoms with Crippen LogP contribution in [0.3, 0.4) is 0 Å². The maximum Gasteiger partial charge on any atom is 0.269 e. The summed E-state index contributed by atoms with van der Waals surface area (Å²) in [4.78, 5) is 44.5. The Hall–Kier alpha value is -2.34. The standard InChI is InChI=1S/C12H12N4O6S2/c13-11(17)6-2-4-1-5(15(19)20)3-7(16(21)22)24-10(4)9(23)8(6)12(14)18/h2,5,7,23H,1,3H2,(H2,13,17)(H2,14,18). The molecule has 0 spiro atoms. The van der Waals surface area contributed by atoms with Gasteiger partial charge in [0.15, 0.2) is 0 Å². The predicted octanol–water partition coefficient (Wildman–Crippen LogP) is 0.460. The average molecular weight is 372 g/mol. The summed E-state index contributed by atoms with van der Waals surface area (Å²) in [7, 11) is 0. The van der Waals surface area contributed by atoms with Crippen molar-refractivity contribution < 1.29 is 19.4 Å². The SMILES string of the molecule is NC(=O)c1cc2c(c(S)c1C(N)=O)SC([N+](=O)[O-])CC([N+](=O)[O-])C2. The van der Waals surface area contributed by atoms with E-state index in [2.05, 4.69) is 12.6 Å². The van der Waals surface area contributed by atoms with Gasteiger partial charge in [-0.1, -0.05) is 0 Å². The van der Waals surface area contributed by atoms with E-state index in [0.717, 1.165) is 11.8 Å². The summed E-state index contributed by atoms with van der Waals surface area (Å²) in [6.07, 6.45) is -0.447. The maximum atomic E-state index is 11.6. The van der Waals surface area contributed by atoms with E-state index in [0.29, 0.717) is 5.56 Å². The molecule has 0 fully saturated rings. The number of nitrogens with two attached hydrogens (primary N) is 2. The van der Waals surface area contributed by atoms with Crippen LogP contribution in [0.5, 0.6) is 0 Å². The van der Waals surface area contributed by atoms with Crippen LogP contribution in [-0.2, 0) is 6.42 Å². The fourth-order valence-electron chi connectivity index (χ4n) is 2.48. The first-order valence-electron chi connectivity index (χ1n) is 6.55. The van der Waals surface area contributed by atoms with Gasteiger partial charge in [0, 0.05) is 26.1 Å². The molecular formula is C12H12N4O6S2. The fourth-order valence-corrected chi connectivity index (χ4v) is 4.19. The lowest BCUT2D eigenvalue weighted by atomic mass is 9.97. The Kier molecular flexibility index (Phi) is 4.99. The molecular weight excluding hydrogens is 360 g/mol. The van der Waals surface area contributed by atoms with Crippen molar-refractivity contribution in [3.8, 4) is 0 Å². The molecule has 0 radical (unpaired) electrons. The Labute approximate surface area is 144 Å². The van der Waals surface area contributed by atoms with E-state index in [1.165, 1.54) is 6.07 Å². The van der Waals surface area contributed by atoms with E-state index >= 15 is 0 Å². The molecule has 0 saturated heterocycles. The number of benzene rings is 1. The van der Waals surface area contributed by atoms with Crippen molar-refractivity contribution in [1.82, 2.24) is 0 Å². The molecule has 2 amide bonds. The molecule has 0 aliphatic carbocycles. The Balaban J connectivity index is 2.71. The summed E-state index contributed by atoms with van der Waals surface area (Å²) in [5, 5.41) is 21.0. The maximum absolute atomic E-state index is 11.6. The molecule has 1 aliphatic heterocycles. The van der Waals surface area contributed by atoms with Gasteiger partial charge in [-0.25, -0.2) is 0 Å². The van der Waals surface area contributed by atoms with Crippen LogP contribution < -0.4 is 11.5 Å². The van der Waals surface area contributed by atoms with Gasteiger partial charge in [-0.3, -0.25) is 29.8 Å². The van der Waals surface area contributed by atoms with Gasteiger partial charge >= 0.3 is 0 Å². The first kappa shape index (κ1) is 18.0. The molecule has 4 N–H and O–H groups in total. The minimum Gasteiger partial charge on any atom is -0.366 e. The number of nitro groups is 2. The zero-order chi connectivity index (χ0) is 18.2. The van der Waals surface area contributed by atoms with Gasteiger partial charge in [-0.15, -0.1) is 12.6 Å². The third-order valence-electron chi connectivity index (χ3n) is 3.56. The summed E-state index contributed by atoms with van der Waals surface area (Å²) in [5.41, 5.74) is 10.3. The van der Waals surface area contributed by atoms with Gasteiger partial charge in [-0.05, 0) is 23.4 Å². The molecule has 24 heavy (non-hydrogen) atoms. The molecule has 0 aromatic heterocycles. The van der Waals surface area contributed by atoms with Crippen molar-refractivity contribution in [2.75, 3.05) is 0 Å². The van der Waals surface area contributed by atoms with E-state index < -0.39 is 33.1 Å². The highest BCUT2D eigenvalue weighted by atomic mass is 32.2. The van der Waals surface area contributed by atoms with Crippen molar-refractivity contribution in [1.29, 1.82) is 0 Å². The normalized spacial score (nSPS) is 19.9. The van der Waals surface area contributed by atoms with Crippen LogP contribution in [-0.4, -0.2) is 33.1 Å². The third kappa shape index (κ3) is 3.28. The van der Waals surface area contributed by atoms with Gasteiger partial charge in [-0.2, -0.15) is 0 Å². The van der Waals surface area contributed by atoms with Gasteiger partial charge in [0.2, 0.25) is 11.9 Å². The number of hydrogen-bond acceptors (Lipinski definition) is 8. The number of fused-ring (bicyclic) bond motifs is 1. The van der Waals surface area contributed by atoms with Crippen LogP contribution >= 0.6 is 24.4 Å². The number of thiol groups is 1. The summed E-state index contributed by atoms with van der Waals surface area (Å²) >= 11 is 4.91. The van der Waals surface area contributed by atoms with Gasteiger partial charge in [0.05, 0.1) is 17.5 Å². The topological polar surface area (TPSA) is 172 Å². The Morgan fingerprint density at radius 1 is 1.21 bits per heavy atom.